The first kappa shape index (κ1) is 22.9. The molecule has 4 aliphatic rings. The van der Waals surface area contributed by atoms with Crippen LogP contribution in [-0.4, -0.2) is 61.3 Å². The molecule has 4 saturated heterocycles. The maximum absolute atomic E-state index is 14.0. The molecule has 2 aromatic rings. The largest absolute Gasteiger partial charge is 0.443 e. The van der Waals surface area contributed by atoms with E-state index in [1.54, 1.807) is 24.9 Å². The van der Waals surface area contributed by atoms with Crippen LogP contribution in [-0.2, 0) is 20.7 Å². The quantitative estimate of drug-likeness (QED) is 0.723. The first-order chi connectivity index (χ1) is 15.8. The molecule has 6 rings (SSSR count). The smallest absolute Gasteiger partial charge is 0.419 e. The molecule has 5 heterocycles. The van der Waals surface area contributed by atoms with E-state index in [-0.39, 0.29) is 18.2 Å². The molecule has 2 bridgehead atoms. The van der Waals surface area contributed by atoms with E-state index in [0.29, 0.717) is 24.9 Å². The minimum absolute atomic E-state index is 0.138. The van der Waals surface area contributed by atoms with Crippen molar-refractivity contribution in [3.63, 3.8) is 0 Å². The van der Waals surface area contributed by atoms with Crippen molar-refractivity contribution < 1.29 is 24.2 Å². The van der Waals surface area contributed by atoms with Crippen LogP contribution in [0.1, 0.15) is 59.4 Å². The predicted molar refractivity (Wildman–Crippen MR) is 126 cm³/mol. The van der Waals surface area contributed by atoms with Gasteiger partial charge in [-0.05, 0) is 65.5 Å². The van der Waals surface area contributed by atoms with Crippen LogP contribution in [0.4, 0.5) is 4.79 Å². The summed E-state index contributed by atoms with van der Waals surface area (Å²) >= 11 is 0. The lowest BCUT2D eigenvalue weighted by Crippen LogP contribution is -2.84. The van der Waals surface area contributed by atoms with Gasteiger partial charge in [0.1, 0.15) is 16.7 Å². The Morgan fingerprint density at radius 3 is 2.59 bits per heavy atom. The highest BCUT2D eigenvalue weighted by Gasteiger charge is 2.71. The Bertz CT molecular complexity index is 1200. The first-order valence-electron chi connectivity index (χ1n) is 12.0. The highest BCUT2D eigenvalue weighted by atomic mass is 16.6. The molecule has 1 aromatic heterocycles. The highest BCUT2D eigenvalue weighted by molar-refractivity contribution is 6.05. The second-order valence-corrected chi connectivity index (χ2v) is 11.6. The number of aliphatic hydroxyl groups is 1. The zero-order valence-corrected chi connectivity index (χ0v) is 20.5. The van der Waals surface area contributed by atoms with Crippen LogP contribution in [0.5, 0.6) is 0 Å². The molecule has 0 unspecified atom stereocenters. The van der Waals surface area contributed by atoms with Crippen LogP contribution < -0.4 is 5.32 Å². The lowest BCUT2D eigenvalue weighted by atomic mass is 9.58. The van der Waals surface area contributed by atoms with Gasteiger partial charge in [0.15, 0.2) is 0 Å². The van der Waals surface area contributed by atoms with Crippen LogP contribution in [0.3, 0.4) is 0 Å². The van der Waals surface area contributed by atoms with Gasteiger partial charge in [-0.1, -0.05) is 18.2 Å². The van der Waals surface area contributed by atoms with E-state index in [2.05, 4.69) is 5.32 Å². The van der Waals surface area contributed by atoms with Crippen molar-refractivity contribution in [3.05, 3.63) is 36.0 Å². The van der Waals surface area contributed by atoms with E-state index in [1.165, 1.54) is 4.57 Å². The average Bonchev–Trinajstić information content (AvgIpc) is 3.31. The number of carbonyl (C=O) groups excluding carboxylic acids is 3. The fourth-order valence-electron chi connectivity index (χ4n) is 6.33. The SMILES string of the molecule is CC(C)(C)OC(=O)n1cc(C[C@@]23NC(=O)[C@]4(CCCN4C2=O)C[C@@H]3C(C)(C)O)c2ccccc21. The van der Waals surface area contributed by atoms with Crippen molar-refractivity contribution in [1.29, 1.82) is 0 Å². The number of fused-ring (bicyclic) bond motifs is 3. The number of hydrogen-bond donors (Lipinski definition) is 2. The molecule has 8 heteroatoms. The number of ether oxygens (including phenoxy) is 1. The molecule has 182 valence electrons. The number of amides is 2. The van der Waals surface area contributed by atoms with E-state index < -0.39 is 34.3 Å². The highest BCUT2D eigenvalue weighted by Crippen LogP contribution is 2.53. The van der Waals surface area contributed by atoms with Gasteiger partial charge in [0.2, 0.25) is 11.8 Å². The number of rotatable bonds is 3. The lowest BCUT2D eigenvalue weighted by Gasteiger charge is -2.61. The number of aromatic nitrogens is 1. The van der Waals surface area contributed by atoms with Gasteiger partial charge in [-0.2, -0.15) is 0 Å². The van der Waals surface area contributed by atoms with Gasteiger partial charge in [-0.15, -0.1) is 0 Å². The fraction of sp³-hybridized carbons (Fsp3) is 0.577. The Morgan fingerprint density at radius 1 is 1.21 bits per heavy atom. The summed E-state index contributed by atoms with van der Waals surface area (Å²) in [6, 6.07) is 7.46. The van der Waals surface area contributed by atoms with Gasteiger partial charge in [0, 0.05) is 30.5 Å². The van der Waals surface area contributed by atoms with E-state index in [9.17, 15) is 19.5 Å². The topological polar surface area (TPSA) is 101 Å². The second-order valence-electron chi connectivity index (χ2n) is 11.6. The fourth-order valence-corrected chi connectivity index (χ4v) is 6.33. The van der Waals surface area contributed by atoms with Crippen LogP contribution in [0.2, 0.25) is 0 Å². The number of piperidine rings is 2. The summed E-state index contributed by atoms with van der Waals surface area (Å²) in [4.78, 5) is 42.0. The predicted octanol–water partition coefficient (Wildman–Crippen LogP) is 2.99. The maximum atomic E-state index is 14.0. The van der Waals surface area contributed by atoms with Gasteiger partial charge in [0.05, 0.1) is 11.1 Å². The molecule has 2 N–H and O–H groups in total. The number of nitrogens with one attached hydrogen (secondary N) is 1. The number of benzene rings is 1. The van der Waals surface area contributed by atoms with Gasteiger partial charge >= 0.3 is 6.09 Å². The summed E-state index contributed by atoms with van der Waals surface area (Å²) in [5.41, 5.74) is -2.59. The molecule has 8 nitrogen and oxygen atoms in total. The lowest BCUT2D eigenvalue weighted by molar-refractivity contribution is -0.186. The summed E-state index contributed by atoms with van der Waals surface area (Å²) in [7, 11) is 0. The first-order valence-corrected chi connectivity index (χ1v) is 12.0. The van der Waals surface area contributed by atoms with E-state index in [1.807, 2.05) is 45.0 Å². The zero-order chi connectivity index (χ0) is 24.7. The number of nitrogens with zero attached hydrogens (tertiary/aromatic N) is 2. The second kappa shape index (κ2) is 7.07. The standard InChI is InChI=1S/C26H33N3O5/c1-23(2,3)34-22(32)28-15-16(17-9-6-7-10-18(17)28)13-26-19(24(4,5)33)14-25(20(30)27-26)11-8-12-29(25)21(26)31/h6-7,9-10,15,19,33H,8,11-14H2,1-5H3,(H,27,30)/t19-,25+,26+/m1/s1. The Hall–Kier alpha value is -2.87. The monoisotopic (exact) mass is 467 g/mol. The minimum atomic E-state index is -1.29. The van der Waals surface area contributed by atoms with Gasteiger partial charge < -0.3 is 20.1 Å². The van der Waals surface area contributed by atoms with Crippen molar-refractivity contribution in [1.82, 2.24) is 14.8 Å². The van der Waals surface area contributed by atoms with Crippen molar-refractivity contribution in [3.8, 4) is 0 Å². The molecule has 1 spiro atoms. The van der Waals surface area contributed by atoms with Crippen molar-refractivity contribution >= 4 is 28.8 Å². The normalized spacial score (nSPS) is 28.9. The van der Waals surface area contributed by atoms with Crippen molar-refractivity contribution in [2.45, 2.75) is 82.6 Å². The zero-order valence-electron chi connectivity index (χ0n) is 20.5. The molecule has 0 radical (unpaired) electrons. The number of piperazine rings is 1. The number of carbonyl (C=O) groups is 3. The van der Waals surface area contributed by atoms with Crippen LogP contribution in [0.15, 0.2) is 30.5 Å². The summed E-state index contributed by atoms with van der Waals surface area (Å²) < 4.78 is 7.07. The summed E-state index contributed by atoms with van der Waals surface area (Å²) in [5.74, 6) is -0.749. The van der Waals surface area contributed by atoms with E-state index in [0.717, 1.165) is 17.4 Å². The van der Waals surface area contributed by atoms with Crippen molar-refractivity contribution in [2.24, 2.45) is 5.92 Å². The number of para-hydroxylation sites is 1. The molecule has 2 amide bonds. The Labute approximate surface area is 199 Å². The molecular weight excluding hydrogens is 434 g/mol. The Morgan fingerprint density at radius 2 is 1.91 bits per heavy atom. The third-order valence-corrected chi connectivity index (χ3v) is 7.72. The summed E-state index contributed by atoms with van der Waals surface area (Å²) in [6.07, 6.45) is 3.19. The van der Waals surface area contributed by atoms with Crippen molar-refractivity contribution in [2.75, 3.05) is 6.54 Å². The maximum Gasteiger partial charge on any atom is 0.419 e. The van der Waals surface area contributed by atoms with E-state index in [4.69, 9.17) is 4.74 Å². The van der Waals surface area contributed by atoms with Gasteiger partial charge in [-0.3, -0.25) is 14.2 Å². The third kappa shape index (κ3) is 3.18. The molecule has 4 aliphatic heterocycles. The number of hydrogen-bond acceptors (Lipinski definition) is 5. The Kier molecular flexibility index (Phi) is 4.76. The molecule has 3 atom stereocenters. The summed E-state index contributed by atoms with van der Waals surface area (Å²) in [5, 5.41) is 15.0. The van der Waals surface area contributed by atoms with Gasteiger partial charge in [-0.25, -0.2) is 4.79 Å². The molecule has 4 fully saturated rings. The Balaban J connectivity index is 1.63. The third-order valence-electron chi connectivity index (χ3n) is 7.72. The van der Waals surface area contributed by atoms with Crippen LogP contribution in [0.25, 0.3) is 10.9 Å². The van der Waals surface area contributed by atoms with E-state index >= 15 is 0 Å². The molecule has 1 aromatic carbocycles. The minimum Gasteiger partial charge on any atom is -0.443 e. The molecule has 0 saturated carbocycles. The molecular formula is C26H33N3O5. The van der Waals surface area contributed by atoms with Crippen LogP contribution >= 0.6 is 0 Å². The molecule has 34 heavy (non-hydrogen) atoms. The summed E-state index contributed by atoms with van der Waals surface area (Å²) in [6.45, 7) is 9.39. The van der Waals surface area contributed by atoms with Gasteiger partial charge in [0.25, 0.3) is 0 Å². The average molecular weight is 468 g/mol. The van der Waals surface area contributed by atoms with Crippen LogP contribution in [0, 0.1) is 5.92 Å². The molecule has 0 aliphatic carbocycles.